The van der Waals surface area contributed by atoms with E-state index in [9.17, 15) is 4.79 Å². The van der Waals surface area contributed by atoms with Gasteiger partial charge in [0.15, 0.2) is 0 Å². The van der Waals surface area contributed by atoms with Crippen molar-refractivity contribution in [3.05, 3.63) is 54.0 Å². The Labute approximate surface area is 154 Å². The van der Waals surface area contributed by atoms with E-state index >= 15 is 0 Å². The molecule has 1 atom stereocenters. The van der Waals surface area contributed by atoms with Crippen molar-refractivity contribution in [1.29, 1.82) is 0 Å². The zero-order valence-corrected chi connectivity index (χ0v) is 15.4. The van der Waals surface area contributed by atoms with Gasteiger partial charge in [0.2, 0.25) is 5.91 Å². The Bertz CT molecular complexity index is 715. The van der Waals surface area contributed by atoms with Crippen LogP contribution in [0.5, 0.6) is 0 Å². The maximum atomic E-state index is 13.1. The summed E-state index contributed by atoms with van der Waals surface area (Å²) >= 11 is 0. The summed E-state index contributed by atoms with van der Waals surface area (Å²) in [5.41, 5.74) is 1.12. The summed E-state index contributed by atoms with van der Waals surface area (Å²) in [6, 6.07) is 11.5. The standard InChI is InChI=1S/C20H26N4O2/c1-15(2)19-21-9-8-18(23-19)22-17(14-16-6-4-3-5-7-16)20(25)24-10-12-26-13-11-24/h3-9,15,17H,10-14H2,1-2H3,(H,21,22,23). The van der Waals surface area contributed by atoms with Crippen LogP contribution >= 0.6 is 0 Å². The molecule has 26 heavy (non-hydrogen) atoms. The lowest BCUT2D eigenvalue weighted by Crippen LogP contribution is -2.48. The van der Waals surface area contributed by atoms with Crippen LogP contribution < -0.4 is 5.32 Å². The second kappa shape index (κ2) is 8.76. The van der Waals surface area contributed by atoms with Crippen LogP contribution in [-0.4, -0.2) is 53.1 Å². The Hall–Kier alpha value is -2.47. The van der Waals surface area contributed by atoms with Crippen LogP contribution in [0.1, 0.15) is 31.2 Å². The summed E-state index contributed by atoms with van der Waals surface area (Å²) in [5.74, 6) is 1.78. The summed E-state index contributed by atoms with van der Waals surface area (Å²) in [7, 11) is 0. The van der Waals surface area contributed by atoms with Crippen LogP contribution in [0.2, 0.25) is 0 Å². The molecule has 0 radical (unpaired) electrons. The molecule has 1 aliphatic rings. The maximum absolute atomic E-state index is 13.1. The summed E-state index contributed by atoms with van der Waals surface area (Å²) in [6.45, 7) is 6.56. The molecule has 0 bridgehead atoms. The van der Waals surface area contributed by atoms with Crippen LogP contribution in [0.4, 0.5) is 5.82 Å². The van der Waals surface area contributed by atoms with Gasteiger partial charge in [0.05, 0.1) is 13.2 Å². The van der Waals surface area contributed by atoms with E-state index in [1.165, 1.54) is 0 Å². The van der Waals surface area contributed by atoms with Crippen molar-refractivity contribution in [2.24, 2.45) is 0 Å². The molecule has 0 saturated carbocycles. The van der Waals surface area contributed by atoms with E-state index in [0.29, 0.717) is 38.5 Å². The molecule has 0 aliphatic carbocycles. The van der Waals surface area contributed by atoms with E-state index in [2.05, 4.69) is 29.1 Å². The second-order valence-corrected chi connectivity index (χ2v) is 6.78. The normalized spacial score (nSPS) is 15.7. The number of nitrogens with zero attached hydrogens (tertiary/aromatic N) is 3. The summed E-state index contributed by atoms with van der Waals surface area (Å²) in [6.07, 6.45) is 2.35. The molecule has 2 heterocycles. The molecule has 1 aromatic carbocycles. The van der Waals surface area contributed by atoms with Crippen molar-refractivity contribution in [1.82, 2.24) is 14.9 Å². The van der Waals surface area contributed by atoms with Gasteiger partial charge in [0, 0.05) is 31.6 Å². The highest BCUT2D eigenvalue weighted by atomic mass is 16.5. The van der Waals surface area contributed by atoms with Gasteiger partial charge in [-0.25, -0.2) is 9.97 Å². The molecule has 1 N–H and O–H groups in total. The first-order chi connectivity index (χ1) is 12.6. The maximum Gasteiger partial charge on any atom is 0.245 e. The minimum atomic E-state index is -0.370. The summed E-state index contributed by atoms with van der Waals surface area (Å²) in [5, 5.41) is 3.34. The fourth-order valence-corrected chi connectivity index (χ4v) is 2.96. The van der Waals surface area contributed by atoms with Crippen molar-refractivity contribution >= 4 is 11.7 Å². The summed E-state index contributed by atoms with van der Waals surface area (Å²) < 4.78 is 5.37. The average molecular weight is 354 g/mol. The smallest absolute Gasteiger partial charge is 0.245 e. The van der Waals surface area contributed by atoms with Crippen molar-refractivity contribution in [2.75, 3.05) is 31.6 Å². The lowest BCUT2D eigenvalue weighted by Gasteiger charge is -2.31. The zero-order valence-electron chi connectivity index (χ0n) is 15.4. The minimum Gasteiger partial charge on any atom is -0.378 e. The molecule has 1 fully saturated rings. The fourth-order valence-electron chi connectivity index (χ4n) is 2.96. The molecule has 1 unspecified atom stereocenters. The third kappa shape index (κ3) is 4.79. The average Bonchev–Trinajstić information content (AvgIpc) is 2.68. The Morgan fingerprint density at radius 3 is 2.62 bits per heavy atom. The van der Waals surface area contributed by atoms with Gasteiger partial charge in [-0.1, -0.05) is 44.2 Å². The molecule has 6 heteroatoms. The van der Waals surface area contributed by atoms with Gasteiger partial charge in [-0.3, -0.25) is 4.79 Å². The number of hydrogen-bond donors (Lipinski definition) is 1. The number of hydrogen-bond acceptors (Lipinski definition) is 5. The fraction of sp³-hybridized carbons (Fsp3) is 0.450. The van der Waals surface area contributed by atoms with Crippen molar-refractivity contribution < 1.29 is 9.53 Å². The topological polar surface area (TPSA) is 67.4 Å². The molecule has 3 rings (SSSR count). The molecule has 2 aromatic rings. The van der Waals surface area contributed by atoms with E-state index in [-0.39, 0.29) is 17.9 Å². The number of carbonyl (C=O) groups is 1. The van der Waals surface area contributed by atoms with Gasteiger partial charge in [-0.05, 0) is 11.6 Å². The number of amides is 1. The third-order valence-electron chi connectivity index (χ3n) is 4.42. The lowest BCUT2D eigenvalue weighted by molar-refractivity contribution is -0.136. The van der Waals surface area contributed by atoms with Gasteiger partial charge >= 0.3 is 0 Å². The first-order valence-corrected chi connectivity index (χ1v) is 9.13. The minimum absolute atomic E-state index is 0.0851. The van der Waals surface area contributed by atoms with Crippen LogP contribution in [0, 0.1) is 0 Å². The van der Waals surface area contributed by atoms with Gasteiger partial charge in [0.1, 0.15) is 17.7 Å². The van der Waals surface area contributed by atoms with Gasteiger partial charge in [0.25, 0.3) is 0 Å². The summed E-state index contributed by atoms with van der Waals surface area (Å²) in [4.78, 5) is 23.8. The predicted molar refractivity (Wildman–Crippen MR) is 101 cm³/mol. The quantitative estimate of drug-likeness (QED) is 0.863. The highest BCUT2D eigenvalue weighted by Crippen LogP contribution is 2.15. The van der Waals surface area contributed by atoms with E-state index in [4.69, 9.17) is 4.74 Å². The van der Waals surface area contributed by atoms with E-state index in [0.717, 1.165) is 11.4 Å². The highest BCUT2D eigenvalue weighted by molar-refractivity contribution is 5.85. The number of aromatic nitrogens is 2. The first kappa shape index (κ1) is 18.3. The van der Waals surface area contributed by atoms with Gasteiger partial charge in [-0.2, -0.15) is 0 Å². The largest absolute Gasteiger partial charge is 0.378 e. The van der Waals surface area contributed by atoms with Gasteiger partial charge < -0.3 is 15.0 Å². The third-order valence-corrected chi connectivity index (χ3v) is 4.42. The Kier molecular flexibility index (Phi) is 6.17. The molecule has 1 aromatic heterocycles. The molecule has 0 spiro atoms. The molecule has 138 valence electrons. The molecule has 1 aliphatic heterocycles. The number of nitrogens with one attached hydrogen (secondary N) is 1. The zero-order chi connectivity index (χ0) is 18.4. The van der Waals surface area contributed by atoms with Crippen molar-refractivity contribution in [3.8, 4) is 0 Å². The van der Waals surface area contributed by atoms with Crippen LogP contribution in [-0.2, 0) is 16.0 Å². The SMILES string of the molecule is CC(C)c1nccc(NC(Cc2ccccc2)C(=O)N2CCOCC2)n1. The predicted octanol–water partition coefficient (Wildman–Crippen LogP) is 2.48. The van der Waals surface area contributed by atoms with Crippen LogP contribution in [0.3, 0.4) is 0 Å². The molecule has 1 saturated heterocycles. The second-order valence-electron chi connectivity index (χ2n) is 6.78. The Morgan fingerprint density at radius 2 is 1.92 bits per heavy atom. The van der Waals surface area contributed by atoms with E-state index in [1.807, 2.05) is 41.3 Å². The van der Waals surface area contributed by atoms with E-state index < -0.39 is 0 Å². The number of carbonyl (C=O) groups excluding carboxylic acids is 1. The highest BCUT2D eigenvalue weighted by Gasteiger charge is 2.26. The molecular formula is C20H26N4O2. The van der Waals surface area contributed by atoms with Crippen LogP contribution in [0.25, 0.3) is 0 Å². The van der Waals surface area contributed by atoms with Crippen molar-refractivity contribution in [3.63, 3.8) is 0 Å². The van der Waals surface area contributed by atoms with E-state index in [1.54, 1.807) is 6.20 Å². The number of rotatable bonds is 6. The molecule has 1 amide bonds. The monoisotopic (exact) mass is 354 g/mol. The van der Waals surface area contributed by atoms with Gasteiger partial charge in [-0.15, -0.1) is 0 Å². The number of benzene rings is 1. The first-order valence-electron chi connectivity index (χ1n) is 9.13. The Balaban J connectivity index is 1.79. The molecule has 6 nitrogen and oxygen atoms in total. The number of anilines is 1. The lowest BCUT2D eigenvalue weighted by atomic mass is 10.0. The molecular weight excluding hydrogens is 328 g/mol. The van der Waals surface area contributed by atoms with Crippen LogP contribution in [0.15, 0.2) is 42.6 Å². The number of ether oxygens (including phenoxy) is 1. The van der Waals surface area contributed by atoms with Crippen molar-refractivity contribution in [2.45, 2.75) is 32.2 Å². The number of morpholine rings is 1. The Morgan fingerprint density at radius 1 is 1.19 bits per heavy atom.